The molecule has 0 saturated heterocycles. The molecule has 1 aromatic heterocycles. The quantitative estimate of drug-likeness (QED) is 0.300. The fraction of sp³-hybridized carbons (Fsp3) is 0.0833. The van der Waals surface area contributed by atoms with Crippen molar-refractivity contribution in [3.05, 3.63) is 99.6 Å². The number of aromatic nitrogens is 1. The van der Waals surface area contributed by atoms with Gasteiger partial charge in [-0.1, -0.05) is 65.9 Å². The molecule has 1 N–H and O–H groups in total. The van der Waals surface area contributed by atoms with Crippen LogP contribution < -0.4 is 5.32 Å². The maximum absolute atomic E-state index is 12.7. The van der Waals surface area contributed by atoms with Gasteiger partial charge in [0.25, 0.3) is 11.6 Å². The van der Waals surface area contributed by atoms with E-state index in [1.165, 1.54) is 46.7 Å². The molecule has 1 heterocycles. The molecule has 0 radical (unpaired) electrons. The minimum atomic E-state index is -0.522. The average molecular weight is 430 g/mol. The molecule has 0 saturated carbocycles. The van der Waals surface area contributed by atoms with Gasteiger partial charge < -0.3 is 0 Å². The largest absolute Gasteiger partial charge is 0.298 e. The molecule has 154 valence electrons. The van der Waals surface area contributed by atoms with Crippen molar-refractivity contribution >= 4 is 28.1 Å². The summed E-state index contributed by atoms with van der Waals surface area (Å²) in [5, 5.41) is 14.2. The van der Waals surface area contributed by atoms with Crippen LogP contribution in [0.3, 0.4) is 0 Å². The molecule has 0 aliphatic rings. The van der Waals surface area contributed by atoms with Crippen LogP contribution in [0.4, 0.5) is 10.8 Å². The van der Waals surface area contributed by atoms with Crippen LogP contribution in [-0.2, 0) is 0 Å². The van der Waals surface area contributed by atoms with Crippen LogP contribution in [0.25, 0.3) is 21.7 Å². The number of hydrogen-bond acceptors (Lipinski definition) is 5. The molecule has 0 spiro atoms. The standard InChI is InChI=1S/C24H19N3O3S/c1-15-11-12-18(13-16(15)2)22-21(17-7-4-3-5-8-17)25-24(31-22)26-23(28)19-9-6-10-20(14-19)27(29)30/h3-14H,1-2H3,(H,25,26,28). The summed E-state index contributed by atoms with van der Waals surface area (Å²) in [4.78, 5) is 28.8. The summed E-state index contributed by atoms with van der Waals surface area (Å²) in [6, 6.07) is 21.7. The van der Waals surface area contributed by atoms with Crippen LogP contribution in [0.2, 0.25) is 0 Å². The van der Waals surface area contributed by atoms with Crippen molar-refractivity contribution in [2.45, 2.75) is 13.8 Å². The van der Waals surface area contributed by atoms with E-state index < -0.39 is 10.8 Å². The summed E-state index contributed by atoms with van der Waals surface area (Å²) in [6.45, 7) is 4.13. The van der Waals surface area contributed by atoms with Gasteiger partial charge in [0.1, 0.15) is 0 Å². The molecule has 0 atom stereocenters. The maximum Gasteiger partial charge on any atom is 0.270 e. The van der Waals surface area contributed by atoms with E-state index >= 15 is 0 Å². The summed E-state index contributed by atoms with van der Waals surface area (Å²) in [5.74, 6) is -0.441. The zero-order valence-electron chi connectivity index (χ0n) is 17.0. The first-order valence-electron chi connectivity index (χ1n) is 9.62. The fourth-order valence-corrected chi connectivity index (χ4v) is 4.15. The first-order chi connectivity index (χ1) is 14.9. The molecular formula is C24H19N3O3S. The third kappa shape index (κ3) is 4.36. The summed E-state index contributed by atoms with van der Waals surface area (Å²) in [7, 11) is 0. The number of carbonyl (C=O) groups is 1. The van der Waals surface area contributed by atoms with Crippen LogP contribution in [0.15, 0.2) is 72.8 Å². The highest BCUT2D eigenvalue weighted by molar-refractivity contribution is 7.19. The van der Waals surface area contributed by atoms with E-state index in [2.05, 4.69) is 42.3 Å². The smallest absolute Gasteiger partial charge is 0.270 e. The monoisotopic (exact) mass is 429 g/mol. The highest BCUT2D eigenvalue weighted by Gasteiger charge is 2.18. The topological polar surface area (TPSA) is 85.1 Å². The number of nitro benzene ring substituents is 1. The van der Waals surface area contributed by atoms with Crippen molar-refractivity contribution in [2.75, 3.05) is 5.32 Å². The number of nitrogens with one attached hydrogen (secondary N) is 1. The molecule has 0 fully saturated rings. The Morgan fingerprint density at radius 2 is 1.71 bits per heavy atom. The lowest BCUT2D eigenvalue weighted by atomic mass is 10.0. The van der Waals surface area contributed by atoms with E-state index in [1.54, 1.807) is 0 Å². The number of hydrogen-bond donors (Lipinski definition) is 1. The normalized spacial score (nSPS) is 10.6. The van der Waals surface area contributed by atoms with E-state index in [1.807, 2.05) is 30.3 Å². The van der Waals surface area contributed by atoms with E-state index in [9.17, 15) is 14.9 Å². The Balaban J connectivity index is 1.73. The predicted molar refractivity (Wildman–Crippen MR) is 124 cm³/mol. The van der Waals surface area contributed by atoms with Crippen LogP contribution in [0, 0.1) is 24.0 Å². The van der Waals surface area contributed by atoms with Gasteiger partial charge in [0.15, 0.2) is 5.13 Å². The molecule has 0 aliphatic carbocycles. The van der Waals surface area contributed by atoms with Crippen molar-refractivity contribution in [2.24, 2.45) is 0 Å². The van der Waals surface area contributed by atoms with Gasteiger partial charge in [0.05, 0.1) is 15.5 Å². The van der Waals surface area contributed by atoms with E-state index in [-0.39, 0.29) is 11.3 Å². The number of anilines is 1. The zero-order valence-corrected chi connectivity index (χ0v) is 17.8. The van der Waals surface area contributed by atoms with Gasteiger partial charge in [-0.3, -0.25) is 20.2 Å². The second-order valence-electron chi connectivity index (χ2n) is 7.12. The molecule has 7 heteroatoms. The molecule has 4 rings (SSSR count). The first kappa shape index (κ1) is 20.4. The second kappa shape index (κ2) is 8.49. The number of benzene rings is 3. The van der Waals surface area contributed by atoms with Gasteiger partial charge in [-0.15, -0.1) is 0 Å². The maximum atomic E-state index is 12.7. The Morgan fingerprint density at radius 3 is 2.42 bits per heavy atom. The summed E-state index contributed by atoms with van der Waals surface area (Å²) in [5.41, 5.74) is 5.20. The van der Waals surface area contributed by atoms with E-state index in [0.717, 1.165) is 21.7 Å². The van der Waals surface area contributed by atoms with Gasteiger partial charge in [0.2, 0.25) is 0 Å². The van der Waals surface area contributed by atoms with E-state index in [4.69, 9.17) is 0 Å². The molecule has 6 nitrogen and oxygen atoms in total. The second-order valence-corrected chi connectivity index (χ2v) is 8.12. The van der Waals surface area contributed by atoms with Crippen molar-refractivity contribution < 1.29 is 9.72 Å². The molecular weight excluding hydrogens is 410 g/mol. The summed E-state index contributed by atoms with van der Waals surface area (Å²) >= 11 is 1.38. The predicted octanol–water partition coefficient (Wildman–Crippen LogP) is 6.25. The zero-order chi connectivity index (χ0) is 22.0. The number of rotatable bonds is 5. The Bertz CT molecular complexity index is 1280. The summed E-state index contributed by atoms with van der Waals surface area (Å²) in [6.07, 6.45) is 0. The van der Waals surface area contributed by atoms with Gasteiger partial charge in [-0.2, -0.15) is 0 Å². The minimum absolute atomic E-state index is 0.132. The van der Waals surface area contributed by atoms with Crippen molar-refractivity contribution in [3.63, 3.8) is 0 Å². The summed E-state index contributed by atoms with van der Waals surface area (Å²) < 4.78 is 0. The molecule has 0 unspecified atom stereocenters. The number of non-ortho nitro benzene ring substituents is 1. The van der Waals surface area contributed by atoms with Gasteiger partial charge in [-0.05, 0) is 36.6 Å². The molecule has 3 aromatic carbocycles. The molecule has 1 amide bonds. The Hall–Kier alpha value is -3.84. The number of carbonyl (C=O) groups excluding carboxylic acids is 1. The number of amides is 1. The molecule has 0 bridgehead atoms. The van der Waals surface area contributed by atoms with Crippen molar-refractivity contribution in [3.8, 4) is 21.7 Å². The Kier molecular flexibility index (Phi) is 5.60. The lowest BCUT2D eigenvalue weighted by molar-refractivity contribution is -0.384. The highest BCUT2D eigenvalue weighted by Crippen LogP contribution is 2.39. The van der Waals surface area contributed by atoms with Crippen molar-refractivity contribution in [1.82, 2.24) is 4.98 Å². The molecule has 31 heavy (non-hydrogen) atoms. The van der Waals surface area contributed by atoms with Crippen LogP contribution in [0.1, 0.15) is 21.5 Å². The number of nitrogens with zero attached hydrogens (tertiary/aromatic N) is 2. The van der Waals surface area contributed by atoms with Crippen LogP contribution in [0.5, 0.6) is 0 Å². The third-order valence-electron chi connectivity index (χ3n) is 4.98. The lowest BCUT2D eigenvalue weighted by Gasteiger charge is -2.05. The first-order valence-corrected chi connectivity index (χ1v) is 10.4. The minimum Gasteiger partial charge on any atom is -0.298 e. The van der Waals surface area contributed by atoms with Crippen molar-refractivity contribution in [1.29, 1.82) is 0 Å². The van der Waals surface area contributed by atoms with Crippen LogP contribution >= 0.6 is 11.3 Å². The lowest BCUT2D eigenvalue weighted by Crippen LogP contribution is -2.11. The van der Waals surface area contributed by atoms with Gasteiger partial charge in [-0.25, -0.2) is 4.98 Å². The van der Waals surface area contributed by atoms with Gasteiger partial charge in [0, 0.05) is 23.3 Å². The Labute approximate surface area is 183 Å². The molecule has 0 aliphatic heterocycles. The van der Waals surface area contributed by atoms with Crippen LogP contribution in [-0.4, -0.2) is 15.8 Å². The molecule has 4 aromatic rings. The fourth-order valence-electron chi connectivity index (χ4n) is 3.17. The average Bonchev–Trinajstić information content (AvgIpc) is 3.20. The number of nitro groups is 1. The third-order valence-corrected chi connectivity index (χ3v) is 6.00. The SMILES string of the molecule is Cc1ccc(-c2sc(NC(=O)c3cccc([N+](=O)[O-])c3)nc2-c2ccccc2)cc1C. The van der Waals surface area contributed by atoms with Gasteiger partial charge >= 0.3 is 0 Å². The number of aryl methyl sites for hydroxylation is 2. The van der Waals surface area contributed by atoms with E-state index in [0.29, 0.717) is 5.13 Å². The number of thiazole rings is 1. The highest BCUT2D eigenvalue weighted by atomic mass is 32.1. The Morgan fingerprint density at radius 1 is 0.935 bits per heavy atom.